The highest BCUT2D eigenvalue weighted by atomic mass is 16.3. The standard InChI is InChI=1S/C13H15N3O2/c17-9-10-4-3-6-15(10)13(18)11-8-14-16-7-2-1-5-12(11)16/h1-2,5,7-8,10,17H,3-4,6,9H2/t10-/m1/s1. The van der Waals surface area contributed by atoms with Crippen LogP contribution in [0.4, 0.5) is 0 Å². The minimum Gasteiger partial charge on any atom is -0.394 e. The van der Waals surface area contributed by atoms with Crippen molar-refractivity contribution in [2.45, 2.75) is 18.9 Å². The number of nitrogens with zero attached hydrogens (tertiary/aromatic N) is 3. The van der Waals surface area contributed by atoms with E-state index in [0.29, 0.717) is 12.1 Å². The molecule has 1 aliphatic rings. The highest BCUT2D eigenvalue weighted by Gasteiger charge is 2.30. The Kier molecular flexibility index (Phi) is 2.76. The summed E-state index contributed by atoms with van der Waals surface area (Å²) >= 11 is 0. The van der Waals surface area contributed by atoms with E-state index in [4.69, 9.17) is 0 Å². The molecule has 0 radical (unpaired) electrons. The molecule has 3 heterocycles. The number of pyridine rings is 1. The molecule has 0 unspecified atom stereocenters. The number of carbonyl (C=O) groups excluding carboxylic acids is 1. The van der Waals surface area contributed by atoms with Crippen molar-refractivity contribution in [3.63, 3.8) is 0 Å². The Labute approximate surface area is 105 Å². The Morgan fingerprint density at radius 2 is 2.39 bits per heavy atom. The molecule has 1 fully saturated rings. The molecule has 5 heteroatoms. The lowest BCUT2D eigenvalue weighted by atomic mass is 10.2. The minimum absolute atomic E-state index is 0.0327. The summed E-state index contributed by atoms with van der Waals surface area (Å²) in [7, 11) is 0. The van der Waals surface area contributed by atoms with Crippen LogP contribution in [0.15, 0.2) is 30.6 Å². The monoisotopic (exact) mass is 245 g/mol. The van der Waals surface area contributed by atoms with Gasteiger partial charge in [0.05, 0.1) is 29.9 Å². The van der Waals surface area contributed by atoms with Gasteiger partial charge in [-0.2, -0.15) is 5.10 Å². The summed E-state index contributed by atoms with van der Waals surface area (Å²) in [5.74, 6) is -0.0345. The van der Waals surface area contributed by atoms with E-state index < -0.39 is 0 Å². The molecule has 1 aliphatic heterocycles. The lowest BCUT2D eigenvalue weighted by Gasteiger charge is -2.22. The molecule has 18 heavy (non-hydrogen) atoms. The van der Waals surface area contributed by atoms with Crippen molar-refractivity contribution in [3.8, 4) is 0 Å². The van der Waals surface area contributed by atoms with Crippen molar-refractivity contribution in [3.05, 3.63) is 36.2 Å². The summed E-state index contributed by atoms with van der Waals surface area (Å²) < 4.78 is 1.69. The van der Waals surface area contributed by atoms with Crippen molar-refractivity contribution >= 4 is 11.4 Å². The lowest BCUT2D eigenvalue weighted by molar-refractivity contribution is 0.0679. The smallest absolute Gasteiger partial charge is 0.258 e. The molecule has 1 saturated heterocycles. The van der Waals surface area contributed by atoms with Gasteiger partial charge in [-0.1, -0.05) is 6.07 Å². The van der Waals surface area contributed by atoms with Crippen LogP contribution in [-0.2, 0) is 0 Å². The molecule has 0 saturated carbocycles. The van der Waals surface area contributed by atoms with Crippen molar-refractivity contribution in [1.29, 1.82) is 0 Å². The number of rotatable bonds is 2. The van der Waals surface area contributed by atoms with Crippen LogP contribution in [0.3, 0.4) is 0 Å². The van der Waals surface area contributed by atoms with E-state index in [-0.39, 0.29) is 18.6 Å². The molecule has 1 N–H and O–H groups in total. The Morgan fingerprint density at radius 1 is 1.50 bits per heavy atom. The van der Waals surface area contributed by atoms with Gasteiger partial charge in [-0.05, 0) is 25.0 Å². The predicted molar refractivity (Wildman–Crippen MR) is 66.3 cm³/mol. The van der Waals surface area contributed by atoms with E-state index in [1.165, 1.54) is 0 Å². The number of aliphatic hydroxyl groups excluding tert-OH is 1. The fourth-order valence-corrected chi connectivity index (χ4v) is 2.55. The van der Waals surface area contributed by atoms with E-state index in [1.807, 2.05) is 24.4 Å². The molecule has 0 bridgehead atoms. The average Bonchev–Trinajstić information content (AvgIpc) is 3.04. The first kappa shape index (κ1) is 11.2. The fraction of sp³-hybridized carbons (Fsp3) is 0.385. The van der Waals surface area contributed by atoms with E-state index in [2.05, 4.69) is 5.10 Å². The summed E-state index contributed by atoms with van der Waals surface area (Å²) in [6.45, 7) is 0.749. The Balaban J connectivity index is 1.97. The molecule has 0 aromatic carbocycles. The van der Waals surface area contributed by atoms with Gasteiger partial charge in [0.15, 0.2) is 0 Å². The second-order valence-electron chi connectivity index (χ2n) is 4.57. The zero-order chi connectivity index (χ0) is 12.5. The Bertz CT molecular complexity index is 578. The Morgan fingerprint density at radius 3 is 3.22 bits per heavy atom. The summed E-state index contributed by atoms with van der Waals surface area (Å²) in [6.07, 6.45) is 5.25. The van der Waals surface area contributed by atoms with Gasteiger partial charge in [0, 0.05) is 12.7 Å². The van der Waals surface area contributed by atoms with E-state index >= 15 is 0 Å². The van der Waals surface area contributed by atoms with E-state index in [0.717, 1.165) is 18.4 Å². The van der Waals surface area contributed by atoms with Crippen LogP contribution < -0.4 is 0 Å². The maximum atomic E-state index is 12.5. The number of carbonyl (C=O) groups is 1. The number of fused-ring (bicyclic) bond motifs is 1. The maximum absolute atomic E-state index is 12.5. The SMILES string of the molecule is O=C(c1cnn2ccccc12)N1CCC[C@@H]1CO. The molecule has 3 rings (SSSR count). The third-order valence-corrected chi connectivity index (χ3v) is 3.51. The van der Waals surface area contributed by atoms with Gasteiger partial charge in [0.25, 0.3) is 5.91 Å². The van der Waals surface area contributed by atoms with Crippen LogP contribution >= 0.6 is 0 Å². The first-order chi connectivity index (χ1) is 8.81. The molecule has 0 spiro atoms. The molecule has 1 atom stereocenters. The van der Waals surface area contributed by atoms with Crippen LogP contribution in [0.2, 0.25) is 0 Å². The van der Waals surface area contributed by atoms with Crippen LogP contribution in [0.25, 0.3) is 5.52 Å². The van der Waals surface area contributed by atoms with Crippen LogP contribution in [0.5, 0.6) is 0 Å². The molecule has 94 valence electrons. The molecule has 0 aliphatic carbocycles. The van der Waals surface area contributed by atoms with Crippen molar-refractivity contribution < 1.29 is 9.90 Å². The van der Waals surface area contributed by atoms with Crippen LogP contribution in [-0.4, -0.2) is 44.7 Å². The highest BCUT2D eigenvalue weighted by molar-refractivity contribution is 6.00. The van der Waals surface area contributed by atoms with Gasteiger partial charge in [0.1, 0.15) is 0 Å². The van der Waals surface area contributed by atoms with Crippen molar-refractivity contribution in [2.24, 2.45) is 0 Å². The number of likely N-dealkylation sites (tertiary alicyclic amines) is 1. The van der Waals surface area contributed by atoms with Gasteiger partial charge in [-0.15, -0.1) is 0 Å². The first-order valence-electron chi connectivity index (χ1n) is 6.15. The first-order valence-corrected chi connectivity index (χ1v) is 6.15. The minimum atomic E-state index is -0.0452. The van der Waals surface area contributed by atoms with Crippen LogP contribution in [0, 0.1) is 0 Å². The number of amides is 1. The van der Waals surface area contributed by atoms with Gasteiger partial charge < -0.3 is 10.0 Å². The number of hydrogen-bond acceptors (Lipinski definition) is 3. The normalized spacial score (nSPS) is 19.6. The van der Waals surface area contributed by atoms with Gasteiger partial charge >= 0.3 is 0 Å². The summed E-state index contributed by atoms with van der Waals surface area (Å²) in [4.78, 5) is 14.2. The topological polar surface area (TPSA) is 57.8 Å². The van der Waals surface area contributed by atoms with Crippen molar-refractivity contribution in [1.82, 2.24) is 14.5 Å². The number of hydrogen-bond donors (Lipinski definition) is 1. The second kappa shape index (κ2) is 4.42. The fourth-order valence-electron chi connectivity index (χ4n) is 2.55. The largest absolute Gasteiger partial charge is 0.394 e. The molecule has 1 amide bonds. The lowest BCUT2D eigenvalue weighted by Crippen LogP contribution is -2.37. The zero-order valence-electron chi connectivity index (χ0n) is 9.99. The summed E-state index contributed by atoms with van der Waals surface area (Å²) in [5, 5.41) is 13.5. The highest BCUT2D eigenvalue weighted by Crippen LogP contribution is 2.21. The molecular weight excluding hydrogens is 230 g/mol. The van der Waals surface area contributed by atoms with E-state index in [1.54, 1.807) is 15.6 Å². The Hall–Kier alpha value is -1.88. The maximum Gasteiger partial charge on any atom is 0.258 e. The third-order valence-electron chi connectivity index (χ3n) is 3.51. The van der Waals surface area contributed by atoms with Crippen LogP contribution in [0.1, 0.15) is 23.2 Å². The van der Waals surface area contributed by atoms with Gasteiger partial charge in [-0.25, -0.2) is 4.52 Å². The number of aromatic nitrogens is 2. The summed E-state index contributed by atoms with van der Waals surface area (Å²) in [6, 6.07) is 5.60. The van der Waals surface area contributed by atoms with Crippen molar-refractivity contribution in [2.75, 3.05) is 13.2 Å². The predicted octanol–water partition coefficient (Wildman–Crippen LogP) is 0.931. The molecular formula is C13H15N3O2. The third kappa shape index (κ3) is 1.67. The quantitative estimate of drug-likeness (QED) is 0.856. The summed E-state index contributed by atoms with van der Waals surface area (Å²) in [5.41, 5.74) is 1.42. The molecule has 5 nitrogen and oxygen atoms in total. The van der Waals surface area contributed by atoms with E-state index in [9.17, 15) is 9.90 Å². The molecule has 2 aromatic heterocycles. The molecule has 2 aromatic rings. The zero-order valence-corrected chi connectivity index (χ0v) is 9.99. The van der Waals surface area contributed by atoms with Gasteiger partial charge in [0.2, 0.25) is 0 Å². The second-order valence-corrected chi connectivity index (χ2v) is 4.57. The average molecular weight is 245 g/mol. The van der Waals surface area contributed by atoms with Gasteiger partial charge in [-0.3, -0.25) is 4.79 Å². The number of aliphatic hydroxyl groups is 1.